The summed E-state index contributed by atoms with van der Waals surface area (Å²) in [5, 5.41) is 7.24. The van der Waals surface area contributed by atoms with Gasteiger partial charge >= 0.3 is 0 Å². The Bertz CT molecular complexity index is 968. The molecule has 0 radical (unpaired) electrons. The average Bonchev–Trinajstić information content (AvgIpc) is 2.68. The fraction of sp³-hybridized carbons (Fsp3) is 0.111. The predicted octanol–water partition coefficient (Wildman–Crippen LogP) is 4.87. The number of hydrogen-bond donors (Lipinski definition) is 3. The summed E-state index contributed by atoms with van der Waals surface area (Å²) in [4.78, 5) is 8.38. The van der Waals surface area contributed by atoms with E-state index in [2.05, 4.69) is 20.6 Å². The number of anilines is 5. The van der Waals surface area contributed by atoms with Crippen LogP contribution in [0.15, 0.2) is 42.7 Å². The number of benzene rings is 2. The van der Waals surface area contributed by atoms with Crippen molar-refractivity contribution in [1.29, 1.82) is 0 Å². The molecule has 0 aliphatic rings. The molecule has 4 N–H and O–H groups in total. The SMILES string of the molecule is COc1ccc(Nc2ncnc(Nc3cc(Cl)ccc3Cl)c2N)c(OC)c1. The second kappa shape index (κ2) is 8.20. The molecule has 140 valence electrons. The van der Waals surface area contributed by atoms with E-state index in [9.17, 15) is 0 Å². The van der Waals surface area contributed by atoms with Crippen LogP contribution in [0.4, 0.5) is 28.7 Å². The Hall–Kier alpha value is -2.90. The Morgan fingerprint density at radius 2 is 1.59 bits per heavy atom. The molecular formula is C18H17Cl2N5O2. The van der Waals surface area contributed by atoms with Crippen LogP contribution in [0.1, 0.15) is 0 Å². The highest BCUT2D eigenvalue weighted by molar-refractivity contribution is 6.35. The number of hydrogen-bond acceptors (Lipinski definition) is 7. The van der Waals surface area contributed by atoms with Crippen molar-refractivity contribution in [2.24, 2.45) is 0 Å². The van der Waals surface area contributed by atoms with E-state index in [1.807, 2.05) is 0 Å². The van der Waals surface area contributed by atoms with Crippen LogP contribution in [-0.4, -0.2) is 24.2 Å². The van der Waals surface area contributed by atoms with Crippen molar-refractivity contribution in [3.05, 3.63) is 52.8 Å². The molecule has 0 fully saturated rings. The highest BCUT2D eigenvalue weighted by Gasteiger charge is 2.13. The largest absolute Gasteiger partial charge is 0.497 e. The maximum atomic E-state index is 6.22. The lowest BCUT2D eigenvalue weighted by Crippen LogP contribution is -2.06. The quantitative estimate of drug-likeness (QED) is 0.538. The second-order valence-corrected chi connectivity index (χ2v) is 6.27. The molecular weight excluding hydrogens is 389 g/mol. The van der Waals surface area contributed by atoms with E-state index in [0.717, 1.165) is 0 Å². The van der Waals surface area contributed by atoms with Gasteiger partial charge in [0.2, 0.25) is 0 Å². The zero-order chi connectivity index (χ0) is 19.4. The number of nitrogen functional groups attached to an aromatic ring is 1. The summed E-state index contributed by atoms with van der Waals surface area (Å²) in [5.41, 5.74) is 7.80. The molecule has 3 rings (SSSR count). The molecule has 0 saturated heterocycles. The zero-order valence-electron chi connectivity index (χ0n) is 14.6. The second-order valence-electron chi connectivity index (χ2n) is 5.42. The summed E-state index contributed by atoms with van der Waals surface area (Å²) in [6.45, 7) is 0. The van der Waals surface area contributed by atoms with E-state index in [4.69, 9.17) is 38.4 Å². The van der Waals surface area contributed by atoms with E-state index in [0.29, 0.717) is 50.2 Å². The van der Waals surface area contributed by atoms with E-state index in [1.54, 1.807) is 50.6 Å². The van der Waals surface area contributed by atoms with Gasteiger partial charge in [0.1, 0.15) is 23.5 Å². The predicted molar refractivity (Wildman–Crippen MR) is 109 cm³/mol. The molecule has 9 heteroatoms. The number of nitrogens with zero attached hydrogens (tertiary/aromatic N) is 2. The zero-order valence-corrected chi connectivity index (χ0v) is 16.1. The van der Waals surface area contributed by atoms with Gasteiger partial charge in [0.15, 0.2) is 11.6 Å². The Balaban J connectivity index is 1.90. The van der Waals surface area contributed by atoms with Crippen LogP contribution in [-0.2, 0) is 0 Å². The highest BCUT2D eigenvalue weighted by Crippen LogP contribution is 2.35. The smallest absolute Gasteiger partial charge is 0.159 e. The van der Waals surface area contributed by atoms with Gasteiger partial charge in [-0.25, -0.2) is 9.97 Å². The summed E-state index contributed by atoms with van der Waals surface area (Å²) in [6.07, 6.45) is 1.38. The molecule has 0 amide bonds. The number of nitrogens with one attached hydrogen (secondary N) is 2. The van der Waals surface area contributed by atoms with Gasteiger partial charge in [0.05, 0.1) is 30.6 Å². The third-order valence-corrected chi connectivity index (χ3v) is 4.29. The Morgan fingerprint density at radius 1 is 0.889 bits per heavy atom. The number of rotatable bonds is 6. The first-order valence-corrected chi connectivity index (χ1v) is 8.59. The molecule has 0 atom stereocenters. The molecule has 0 unspecified atom stereocenters. The fourth-order valence-corrected chi connectivity index (χ4v) is 2.68. The molecule has 0 aliphatic heterocycles. The summed E-state index contributed by atoms with van der Waals surface area (Å²) < 4.78 is 10.6. The maximum absolute atomic E-state index is 6.22. The van der Waals surface area contributed by atoms with Gasteiger partial charge in [-0.05, 0) is 30.3 Å². The van der Waals surface area contributed by atoms with E-state index in [1.165, 1.54) is 6.33 Å². The van der Waals surface area contributed by atoms with Crippen LogP contribution in [0, 0.1) is 0 Å². The fourth-order valence-electron chi connectivity index (χ4n) is 2.34. The summed E-state index contributed by atoms with van der Waals surface area (Å²) >= 11 is 12.2. The van der Waals surface area contributed by atoms with Crippen LogP contribution in [0.3, 0.4) is 0 Å². The molecule has 7 nitrogen and oxygen atoms in total. The van der Waals surface area contributed by atoms with Crippen LogP contribution in [0.2, 0.25) is 10.0 Å². The lowest BCUT2D eigenvalue weighted by Gasteiger charge is -2.15. The molecule has 0 spiro atoms. The van der Waals surface area contributed by atoms with Crippen molar-refractivity contribution >= 4 is 51.9 Å². The van der Waals surface area contributed by atoms with E-state index < -0.39 is 0 Å². The minimum Gasteiger partial charge on any atom is -0.497 e. The van der Waals surface area contributed by atoms with Crippen molar-refractivity contribution in [2.45, 2.75) is 0 Å². The van der Waals surface area contributed by atoms with E-state index in [-0.39, 0.29) is 0 Å². The molecule has 2 aromatic carbocycles. The molecule has 0 aliphatic carbocycles. The van der Waals surface area contributed by atoms with Gasteiger partial charge in [0, 0.05) is 11.1 Å². The van der Waals surface area contributed by atoms with E-state index >= 15 is 0 Å². The Kier molecular flexibility index (Phi) is 5.73. The van der Waals surface area contributed by atoms with Gasteiger partial charge in [-0.2, -0.15) is 0 Å². The Morgan fingerprint density at radius 3 is 2.26 bits per heavy atom. The average molecular weight is 406 g/mol. The van der Waals surface area contributed by atoms with Crippen LogP contribution in [0.25, 0.3) is 0 Å². The van der Waals surface area contributed by atoms with Gasteiger partial charge < -0.3 is 25.8 Å². The lowest BCUT2D eigenvalue weighted by atomic mass is 10.2. The number of halogens is 2. The Labute approximate surface area is 166 Å². The molecule has 0 bridgehead atoms. The number of methoxy groups -OCH3 is 2. The van der Waals surface area contributed by atoms with Crippen LogP contribution >= 0.6 is 23.2 Å². The van der Waals surface area contributed by atoms with Gasteiger partial charge in [-0.15, -0.1) is 0 Å². The number of aromatic nitrogens is 2. The van der Waals surface area contributed by atoms with Gasteiger partial charge in [-0.1, -0.05) is 23.2 Å². The normalized spacial score (nSPS) is 10.4. The van der Waals surface area contributed by atoms with Gasteiger partial charge in [-0.3, -0.25) is 0 Å². The maximum Gasteiger partial charge on any atom is 0.159 e. The molecule has 1 heterocycles. The third-order valence-electron chi connectivity index (χ3n) is 3.73. The highest BCUT2D eigenvalue weighted by atomic mass is 35.5. The van der Waals surface area contributed by atoms with Crippen molar-refractivity contribution in [3.63, 3.8) is 0 Å². The first-order valence-electron chi connectivity index (χ1n) is 7.83. The summed E-state index contributed by atoms with van der Waals surface area (Å²) in [5.74, 6) is 2.06. The number of nitrogens with two attached hydrogens (primary N) is 1. The van der Waals surface area contributed by atoms with Crippen LogP contribution in [0.5, 0.6) is 11.5 Å². The minimum absolute atomic E-state index is 0.311. The topological polar surface area (TPSA) is 94.3 Å². The van der Waals surface area contributed by atoms with Crippen molar-refractivity contribution in [2.75, 3.05) is 30.6 Å². The van der Waals surface area contributed by atoms with Crippen molar-refractivity contribution < 1.29 is 9.47 Å². The summed E-state index contributed by atoms with van der Waals surface area (Å²) in [6, 6.07) is 10.4. The molecule has 1 aromatic heterocycles. The summed E-state index contributed by atoms with van der Waals surface area (Å²) in [7, 11) is 3.15. The lowest BCUT2D eigenvalue weighted by molar-refractivity contribution is 0.395. The molecule has 3 aromatic rings. The van der Waals surface area contributed by atoms with Crippen molar-refractivity contribution in [1.82, 2.24) is 9.97 Å². The monoisotopic (exact) mass is 405 g/mol. The minimum atomic E-state index is 0.311. The molecule has 0 saturated carbocycles. The van der Waals surface area contributed by atoms with Gasteiger partial charge in [0.25, 0.3) is 0 Å². The first kappa shape index (κ1) is 18.9. The number of ether oxygens (including phenoxy) is 2. The first-order chi connectivity index (χ1) is 13.0. The molecule has 27 heavy (non-hydrogen) atoms. The third kappa shape index (κ3) is 4.27. The van der Waals surface area contributed by atoms with Crippen molar-refractivity contribution in [3.8, 4) is 11.5 Å². The van der Waals surface area contributed by atoms with Crippen LogP contribution < -0.4 is 25.8 Å². The standard InChI is InChI=1S/C18H17Cl2N5O2/c1-26-11-4-6-13(15(8-11)27-2)24-17-16(21)18(23-9-22-17)25-14-7-10(19)3-5-12(14)20/h3-9H,21H2,1-2H3,(H2,22,23,24,25).